The average Bonchev–Trinajstić information content (AvgIpc) is 3.17. The maximum atomic E-state index is 14.5. The molecule has 0 bridgehead atoms. The number of fused-ring (bicyclic) bond motifs is 1. The molecule has 124 valence electrons. The third-order valence-electron chi connectivity index (χ3n) is 4.26. The van der Waals surface area contributed by atoms with E-state index in [0.717, 1.165) is 17.2 Å². The largest absolute Gasteiger partial charge is 0.359 e. The molecule has 0 aliphatic carbocycles. The lowest BCUT2D eigenvalue weighted by molar-refractivity contribution is -0.0205. The zero-order valence-electron chi connectivity index (χ0n) is 12.7. The lowest BCUT2D eigenvalue weighted by atomic mass is 9.85. The molecule has 1 atom stereocenters. The van der Waals surface area contributed by atoms with Crippen LogP contribution in [0.25, 0.3) is 0 Å². The van der Waals surface area contributed by atoms with Gasteiger partial charge in [0, 0.05) is 24.0 Å². The van der Waals surface area contributed by atoms with Crippen LogP contribution in [0.15, 0.2) is 61.2 Å². The van der Waals surface area contributed by atoms with Gasteiger partial charge in [0.1, 0.15) is 17.2 Å². The molecule has 24 heavy (non-hydrogen) atoms. The summed E-state index contributed by atoms with van der Waals surface area (Å²) in [4.78, 5) is 4.04. The van der Waals surface area contributed by atoms with E-state index in [-0.39, 0.29) is 12.4 Å². The van der Waals surface area contributed by atoms with Crippen molar-refractivity contribution in [1.82, 2.24) is 9.55 Å². The highest BCUT2D eigenvalue weighted by Gasteiger charge is 2.43. The minimum absolute atomic E-state index is 0. The van der Waals surface area contributed by atoms with Crippen LogP contribution in [0, 0.1) is 11.6 Å². The summed E-state index contributed by atoms with van der Waals surface area (Å²) in [7, 11) is 0. The summed E-state index contributed by atoms with van der Waals surface area (Å²) in [5.74, 6) is -1.21. The Morgan fingerprint density at radius 2 is 1.96 bits per heavy atom. The lowest BCUT2D eigenvalue weighted by Crippen LogP contribution is -2.33. The number of aromatic nitrogens is 2. The van der Waals surface area contributed by atoms with Gasteiger partial charge < -0.3 is 9.30 Å². The average molecular weight is 349 g/mol. The standard InChI is InChI=1S/C18H14F2N2O.ClH/c19-14-5-6-16(17(20)9-14)18(11-22-8-7-21-12-22)15-4-2-1-3-13(15)10-23-18;/h1-9,12H,10-11H2;1H. The Morgan fingerprint density at radius 1 is 1.12 bits per heavy atom. The van der Waals surface area contributed by atoms with Crippen molar-refractivity contribution in [3.63, 3.8) is 0 Å². The van der Waals surface area contributed by atoms with Gasteiger partial charge in [-0.05, 0) is 23.3 Å². The molecule has 6 heteroatoms. The number of rotatable bonds is 3. The zero-order chi connectivity index (χ0) is 15.9. The first-order chi connectivity index (χ1) is 11.2. The highest BCUT2D eigenvalue weighted by atomic mass is 35.5. The van der Waals surface area contributed by atoms with Gasteiger partial charge >= 0.3 is 0 Å². The fraction of sp³-hybridized carbons (Fsp3) is 0.167. The fourth-order valence-electron chi connectivity index (χ4n) is 3.21. The van der Waals surface area contributed by atoms with Gasteiger partial charge in [0.05, 0.1) is 19.5 Å². The van der Waals surface area contributed by atoms with Crippen LogP contribution in [0.1, 0.15) is 16.7 Å². The van der Waals surface area contributed by atoms with E-state index < -0.39 is 17.2 Å². The normalized spacial score (nSPS) is 18.9. The first kappa shape index (κ1) is 16.6. The Balaban J connectivity index is 0.00000169. The van der Waals surface area contributed by atoms with Crippen LogP contribution in [0.2, 0.25) is 0 Å². The topological polar surface area (TPSA) is 27.1 Å². The minimum atomic E-state index is -0.991. The van der Waals surface area contributed by atoms with E-state index in [1.807, 2.05) is 28.8 Å². The van der Waals surface area contributed by atoms with Crippen LogP contribution in [-0.2, 0) is 23.5 Å². The summed E-state index contributed by atoms with van der Waals surface area (Å²) < 4.78 is 35.8. The zero-order valence-corrected chi connectivity index (χ0v) is 13.5. The summed E-state index contributed by atoms with van der Waals surface area (Å²) in [5, 5.41) is 0. The molecule has 1 unspecified atom stereocenters. The van der Waals surface area contributed by atoms with Gasteiger partial charge in [-0.1, -0.05) is 24.3 Å². The van der Waals surface area contributed by atoms with Gasteiger partial charge in [-0.2, -0.15) is 0 Å². The molecule has 1 aliphatic rings. The second-order valence-electron chi connectivity index (χ2n) is 5.63. The van der Waals surface area contributed by atoms with Crippen LogP contribution in [0.4, 0.5) is 8.78 Å². The van der Waals surface area contributed by atoms with E-state index in [4.69, 9.17) is 4.74 Å². The number of halogens is 3. The molecule has 3 aromatic rings. The summed E-state index contributed by atoms with van der Waals surface area (Å²) in [6, 6.07) is 11.3. The van der Waals surface area contributed by atoms with E-state index >= 15 is 0 Å². The van der Waals surface area contributed by atoms with Crippen LogP contribution >= 0.6 is 12.4 Å². The van der Waals surface area contributed by atoms with Gasteiger partial charge in [-0.25, -0.2) is 13.8 Å². The predicted octanol–water partition coefficient (Wildman–Crippen LogP) is 4.06. The molecular weight excluding hydrogens is 334 g/mol. The van der Waals surface area contributed by atoms with Gasteiger partial charge in [0.15, 0.2) is 0 Å². The monoisotopic (exact) mass is 348 g/mol. The molecule has 0 saturated carbocycles. The third kappa shape index (κ3) is 2.60. The molecule has 0 spiro atoms. The van der Waals surface area contributed by atoms with Crippen molar-refractivity contribution in [3.05, 3.63) is 89.5 Å². The van der Waals surface area contributed by atoms with Crippen molar-refractivity contribution in [2.75, 3.05) is 0 Å². The number of ether oxygens (including phenoxy) is 1. The number of hydrogen-bond acceptors (Lipinski definition) is 2. The molecular formula is C18H15ClF2N2O. The number of benzene rings is 2. The number of hydrogen-bond donors (Lipinski definition) is 0. The highest BCUT2D eigenvalue weighted by molar-refractivity contribution is 5.85. The van der Waals surface area contributed by atoms with Crippen molar-refractivity contribution in [1.29, 1.82) is 0 Å². The number of nitrogens with zero attached hydrogens (tertiary/aromatic N) is 2. The van der Waals surface area contributed by atoms with Crippen LogP contribution < -0.4 is 0 Å². The predicted molar refractivity (Wildman–Crippen MR) is 87.8 cm³/mol. The Morgan fingerprint density at radius 3 is 2.71 bits per heavy atom. The summed E-state index contributed by atoms with van der Waals surface area (Å²) >= 11 is 0. The van der Waals surface area contributed by atoms with Crippen molar-refractivity contribution >= 4 is 12.4 Å². The Hall–Kier alpha value is -2.24. The van der Waals surface area contributed by atoms with Gasteiger partial charge in [-0.15, -0.1) is 12.4 Å². The van der Waals surface area contributed by atoms with Crippen LogP contribution in [0.5, 0.6) is 0 Å². The minimum Gasteiger partial charge on any atom is -0.359 e. The second-order valence-corrected chi connectivity index (χ2v) is 5.63. The van der Waals surface area contributed by atoms with E-state index in [0.29, 0.717) is 18.7 Å². The molecule has 0 amide bonds. The Labute approximate surface area is 144 Å². The van der Waals surface area contributed by atoms with Gasteiger partial charge in [-0.3, -0.25) is 0 Å². The summed E-state index contributed by atoms with van der Waals surface area (Å²) in [6.07, 6.45) is 5.12. The summed E-state index contributed by atoms with van der Waals surface area (Å²) in [5.41, 5.74) is 1.25. The SMILES string of the molecule is Cl.Fc1ccc(C2(Cn3ccnc3)OCc3ccccc32)c(F)c1. The summed E-state index contributed by atoms with van der Waals surface area (Å²) in [6.45, 7) is 0.758. The molecule has 0 fully saturated rings. The molecule has 2 aromatic carbocycles. The highest BCUT2D eigenvalue weighted by Crippen LogP contribution is 2.44. The van der Waals surface area contributed by atoms with E-state index in [9.17, 15) is 8.78 Å². The third-order valence-corrected chi connectivity index (χ3v) is 4.26. The quantitative estimate of drug-likeness (QED) is 0.713. The second kappa shape index (κ2) is 6.34. The van der Waals surface area contributed by atoms with E-state index in [2.05, 4.69) is 4.98 Å². The van der Waals surface area contributed by atoms with E-state index in [1.165, 1.54) is 12.1 Å². The van der Waals surface area contributed by atoms with Gasteiger partial charge in [0.25, 0.3) is 0 Å². The van der Waals surface area contributed by atoms with Crippen LogP contribution in [0.3, 0.4) is 0 Å². The molecule has 2 heterocycles. The first-order valence-electron chi connectivity index (χ1n) is 7.33. The Bertz CT molecular complexity index is 854. The maximum Gasteiger partial charge on any atom is 0.140 e. The fourth-order valence-corrected chi connectivity index (χ4v) is 3.21. The molecule has 3 nitrogen and oxygen atoms in total. The van der Waals surface area contributed by atoms with Gasteiger partial charge in [0.2, 0.25) is 0 Å². The van der Waals surface area contributed by atoms with Crippen molar-refractivity contribution < 1.29 is 13.5 Å². The molecule has 4 rings (SSSR count). The molecule has 0 saturated heterocycles. The van der Waals surface area contributed by atoms with Crippen molar-refractivity contribution in [3.8, 4) is 0 Å². The molecule has 1 aromatic heterocycles. The first-order valence-corrected chi connectivity index (χ1v) is 7.33. The maximum absolute atomic E-state index is 14.5. The van der Waals surface area contributed by atoms with E-state index in [1.54, 1.807) is 18.7 Å². The number of imidazole rings is 1. The smallest absolute Gasteiger partial charge is 0.140 e. The Kier molecular flexibility index (Phi) is 4.39. The molecule has 0 radical (unpaired) electrons. The molecule has 1 aliphatic heterocycles. The van der Waals surface area contributed by atoms with Crippen molar-refractivity contribution in [2.24, 2.45) is 0 Å². The van der Waals surface area contributed by atoms with Crippen LogP contribution in [-0.4, -0.2) is 9.55 Å². The van der Waals surface area contributed by atoms with Crippen molar-refractivity contribution in [2.45, 2.75) is 18.8 Å². The molecule has 0 N–H and O–H groups in total. The lowest BCUT2D eigenvalue weighted by Gasteiger charge is -2.31.